The fourth-order valence-corrected chi connectivity index (χ4v) is 5.28. The lowest BCUT2D eigenvalue weighted by Gasteiger charge is -2.58. The lowest BCUT2D eigenvalue weighted by molar-refractivity contribution is -0.250. The van der Waals surface area contributed by atoms with Crippen molar-refractivity contribution in [1.82, 2.24) is 0 Å². The van der Waals surface area contributed by atoms with E-state index in [1.807, 2.05) is 6.92 Å². The van der Waals surface area contributed by atoms with Crippen molar-refractivity contribution in [2.45, 2.75) is 76.6 Å². The summed E-state index contributed by atoms with van der Waals surface area (Å²) < 4.78 is 10.8. The number of carboxylic acids is 1. The molecule has 0 saturated heterocycles. The Kier molecular flexibility index (Phi) is 4.41. The Morgan fingerprint density at radius 1 is 1.21 bits per heavy atom. The maximum Gasteiger partial charge on any atom is 0.377 e. The Morgan fingerprint density at radius 3 is 2.33 bits per heavy atom. The molecule has 4 saturated carbocycles. The highest BCUT2D eigenvalue weighted by Crippen LogP contribution is 2.62. The van der Waals surface area contributed by atoms with Gasteiger partial charge >= 0.3 is 17.7 Å². The van der Waals surface area contributed by atoms with Crippen molar-refractivity contribution in [3.63, 3.8) is 0 Å². The molecule has 0 spiro atoms. The van der Waals surface area contributed by atoms with Crippen LogP contribution in [0.15, 0.2) is 0 Å². The van der Waals surface area contributed by atoms with E-state index in [4.69, 9.17) is 9.47 Å². The summed E-state index contributed by atoms with van der Waals surface area (Å²) in [6, 6.07) is 0. The van der Waals surface area contributed by atoms with E-state index in [1.165, 1.54) is 6.92 Å². The van der Waals surface area contributed by atoms with Crippen LogP contribution in [0.5, 0.6) is 0 Å². The summed E-state index contributed by atoms with van der Waals surface area (Å²) in [5.74, 6) is -3.10. The molecule has 0 aromatic rings. The van der Waals surface area contributed by atoms with Gasteiger partial charge in [0.25, 0.3) is 0 Å². The highest BCUT2D eigenvalue weighted by atomic mass is 16.7. The van der Waals surface area contributed by atoms with E-state index in [9.17, 15) is 19.8 Å². The third kappa shape index (κ3) is 3.06. The largest absolute Gasteiger partial charge is 0.476 e. The molecule has 4 aliphatic carbocycles. The predicted octanol–water partition coefficient (Wildman–Crippen LogP) is 2.48. The molecule has 4 rings (SSSR count). The van der Waals surface area contributed by atoms with Crippen LogP contribution in [-0.2, 0) is 19.1 Å². The van der Waals surface area contributed by atoms with Crippen molar-refractivity contribution >= 4 is 11.9 Å². The summed E-state index contributed by atoms with van der Waals surface area (Å²) >= 11 is 0. The van der Waals surface area contributed by atoms with Crippen LogP contribution >= 0.6 is 0 Å². The van der Waals surface area contributed by atoms with Gasteiger partial charge in [0.05, 0.1) is 17.6 Å². The van der Waals surface area contributed by atoms with Crippen LogP contribution in [0.2, 0.25) is 0 Å². The van der Waals surface area contributed by atoms with Crippen LogP contribution < -0.4 is 0 Å². The van der Waals surface area contributed by atoms with Gasteiger partial charge in [-0.25, -0.2) is 4.79 Å². The quantitative estimate of drug-likeness (QED) is 0.420. The zero-order valence-corrected chi connectivity index (χ0v) is 14.5. The van der Waals surface area contributed by atoms with Gasteiger partial charge in [-0.15, -0.1) is 0 Å². The molecule has 3 atom stereocenters. The van der Waals surface area contributed by atoms with E-state index < -0.39 is 28.7 Å². The van der Waals surface area contributed by atoms with E-state index in [2.05, 4.69) is 0 Å². The molecule has 0 aromatic carbocycles. The second kappa shape index (κ2) is 5.99. The third-order valence-corrected chi connectivity index (χ3v) is 6.01. The standard InChI is InChI=1S/C18H28O6/c1-3-4-5-23-16(2,14(19)20)24-15(21)17-7-12-6-13(8-17)10-18(22,9-12)11-17/h12-13,22H,3-11H2,1-2H3,(H,19,20). The van der Waals surface area contributed by atoms with Gasteiger partial charge in [0.15, 0.2) is 0 Å². The zero-order chi connectivity index (χ0) is 17.6. The third-order valence-electron chi connectivity index (χ3n) is 6.01. The van der Waals surface area contributed by atoms with Crippen LogP contribution in [0.1, 0.15) is 65.2 Å². The molecule has 4 fully saturated rings. The molecule has 6 heteroatoms. The molecule has 3 unspecified atom stereocenters. The SMILES string of the molecule is CCCCOC(C)(OC(=O)C12CC3CC(CC(O)(C3)C1)C2)C(=O)O. The van der Waals surface area contributed by atoms with Crippen LogP contribution in [0.25, 0.3) is 0 Å². The first-order valence-electron chi connectivity index (χ1n) is 9.03. The number of rotatable bonds is 7. The number of unbranched alkanes of at least 4 members (excludes halogenated alkanes) is 1. The molecule has 0 aromatic heterocycles. The molecule has 136 valence electrons. The summed E-state index contributed by atoms with van der Waals surface area (Å²) in [5.41, 5.74) is -1.53. The molecule has 0 heterocycles. The van der Waals surface area contributed by atoms with Gasteiger partial charge in [0.1, 0.15) is 0 Å². The molecule has 24 heavy (non-hydrogen) atoms. The van der Waals surface area contributed by atoms with Crippen LogP contribution in [0.3, 0.4) is 0 Å². The number of aliphatic carboxylic acids is 1. The lowest BCUT2D eigenvalue weighted by Crippen LogP contribution is -2.60. The van der Waals surface area contributed by atoms with Gasteiger partial charge in [0.2, 0.25) is 0 Å². The van der Waals surface area contributed by atoms with E-state index in [1.54, 1.807) is 0 Å². The minimum absolute atomic E-state index is 0.231. The summed E-state index contributed by atoms with van der Waals surface area (Å²) in [6.45, 7) is 3.50. The molecule has 0 aliphatic heterocycles. The van der Waals surface area contributed by atoms with Crippen molar-refractivity contribution < 1.29 is 29.3 Å². The van der Waals surface area contributed by atoms with E-state index in [-0.39, 0.29) is 6.61 Å². The Bertz CT molecular complexity index is 516. The molecule has 0 amide bonds. The van der Waals surface area contributed by atoms with Crippen molar-refractivity contribution in [3.8, 4) is 0 Å². The van der Waals surface area contributed by atoms with Gasteiger partial charge in [0, 0.05) is 6.92 Å². The number of esters is 1. The second-order valence-electron chi connectivity index (χ2n) is 8.31. The number of carbonyl (C=O) groups is 2. The Labute approximate surface area is 142 Å². The number of aliphatic hydroxyl groups is 1. The van der Waals surface area contributed by atoms with Crippen molar-refractivity contribution in [1.29, 1.82) is 0 Å². The number of hydrogen-bond acceptors (Lipinski definition) is 5. The topological polar surface area (TPSA) is 93.1 Å². The summed E-state index contributed by atoms with van der Waals surface area (Å²) in [5, 5.41) is 20.2. The first kappa shape index (κ1) is 17.7. The normalized spacial score (nSPS) is 39.5. The molecular formula is C18H28O6. The molecule has 0 radical (unpaired) electrons. The Hall–Kier alpha value is -1.14. The van der Waals surface area contributed by atoms with E-state index in [0.29, 0.717) is 37.5 Å². The molecule has 2 N–H and O–H groups in total. The second-order valence-corrected chi connectivity index (χ2v) is 8.31. The molecule has 4 aliphatic rings. The molecule has 4 bridgehead atoms. The lowest BCUT2D eigenvalue weighted by atomic mass is 9.48. The van der Waals surface area contributed by atoms with Crippen molar-refractivity contribution in [2.75, 3.05) is 6.61 Å². The van der Waals surface area contributed by atoms with E-state index in [0.717, 1.165) is 25.7 Å². The zero-order valence-electron chi connectivity index (χ0n) is 14.5. The van der Waals surface area contributed by atoms with Gasteiger partial charge in [-0.2, -0.15) is 0 Å². The highest BCUT2D eigenvalue weighted by Gasteiger charge is 2.62. The number of carboxylic acid groups (broad SMARTS) is 1. The van der Waals surface area contributed by atoms with Gasteiger partial charge in [-0.3, -0.25) is 4.79 Å². The average molecular weight is 340 g/mol. The monoisotopic (exact) mass is 340 g/mol. The van der Waals surface area contributed by atoms with Crippen LogP contribution in [-0.4, -0.2) is 40.1 Å². The molecular weight excluding hydrogens is 312 g/mol. The average Bonchev–Trinajstić information content (AvgIpc) is 2.44. The highest BCUT2D eigenvalue weighted by molar-refractivity contribution is 5.83. The fraction of sp³-hybridized carbons (Fsp3) is 0.889. The summed E-state index contributed by atoms with van der Waals surface area (Å²) in [4.78, 5) is 24.5. The maximum absolute atomic E-state index is 12.9. The first-order chi connectivity index (χ1) is 11.2. The number of ether oxygens (including phenoxy) is 2. The smallest absolute Gasteiger partial charge is 0.377 e. The number of hydrogen-bond donors (Lipinski definition) is 2. The summed E-state index contributed by atoms with van der Waals surface area (Å²) in [6.07, 6.45) is 5.89. The molecule has 6 nitrogen and oxygen atoms in total. The van der Waals surface area contributed by atoms with Gasteiger partial charge in [-0.05, 0) is 56.8 Å². The summed E-state index contributed by atoms with van der Waals surface area (Å²) in [7, 11) is 0. The van der Waals surface area contributed by atoms with Crippen LogP contribution in [0, 0.1) is 17.3 Å². The maximum atomic E-state index is 12.9. The minimum atomic E-state index is -1.96. The first-order valence-corrected chi connectivity index (χ1v) is 9.03. The fourth-order valence-electron chi connectivity index (χ4n) is 5.28. The number of carbonyl (C=O) groups excluding carboxylic acids is 1. The predicted molar refractivity (Wildman–Crippen MR) is 85.1 cm³/mol. The van der Waals surface area contributed by atoms with Gasteiger partial charge < -0.3 is 19.7 Å². The minimum Gasteiger partial charge on any atom is -0.476 e. The van der Waals surface area contributed by atoms with Crippen molar-refractivity contribution in [2.24, 2.45) is 17.3 Å². The van der Waals surface area contributed by atoms with Gasteiger partial charge in [-0.1, -0.05) is 13.3 Å². The van der Waals surface area contributed by atoms with E-state index >= 15 is 0 Å². The van der Waals surface area contributed by atoms with Crippen molar-refractivity contribution in [3.05, 3.63) is 0 Å². The Morgan fingerprint density at radius 2 is 1.83 bits per heavy atom. The Balaban J connectivity index is 1.74. The van der Waals surface area contributed by atoms with Crippen LogP contribution in [0.4, 0.5) is 0 Å².